The lowest BCUT2D eigenvalue weighted by Crippen LogP contribution is -2.36. The Balaban J connectivity index is 1.48. The van der Waals surface area contributed by atoms with Gasteiger partial charge < -0.3 is 19.5 Å². The second-order valence-electron chi connectivity index (χ2n) is 6.86. The van der Waals surface area contributed by atoms with Crippen LogP contribution in [-0.2, 0) is 22.6 Å². The summed E-state index contributed by atoms with van der Waals surface area (Å²) in [4.78, 5) is 14.7. The van der Waals surface area contributed by atoms with Gasteiger partial charge in [0.15, 0.2) is 6.10 Å². The highest BCUT2D eigenvalue weighted by Gasteiger charge is 2.15. The van der Waals surface area contributed by atoms with Crippen molar-refractivity contribution < 1.29 is 19.0 Å². The molecule has 1 atom stereocenters. The van der Waals surface area contributed by atoms with Crippen molar-refractivity contribution in [2.24, 2.45) is 0 Å². The predicted octanol–water partition coefficient (Wildman–Crippen LogP) is 2.61. The number of nitrogens with zero attached hydrogens (tertiary/aromatic N) is 1. The third kappa shape index (κ3) is 5.97. The maximum Gasteiger partial charge on any atom is 0.261 e. The van der Waals surface area contributed by atoms with Gasteiger partial charge in [-0.25, -0.2) is 0 Å². The molecule has 150 valence electrons. The lowest BCUT2D eigenvalue weighted by Gasteiger charge is -2.26. The zero-order valence-corrected chi connectivity index (χ0v) is 16.5. The number of morpholine rings is 1. The van der Waals surface area contributed by atoms with Crippen molar-refractivity contribution >= 4 is 5.91 Å². The first-order valence-electron chi connectivity index (χ1n) is 9.60. The average molecular weight is 384 g/mol. The van der Waals surface area contributed by atoms with Crippen LogP contribution in [0.25, 0.3) is 0 Å². The number of methoxy groups -OCH3 is 1. The standard InChI is InChI=1S/C22H28N2O4/c1-17(28-21-8-6-20(26-2)7-9-21)22(25)23-15-18-4-3-5-19(14-18)16-24-10-12-27-13-11-24/h3-9,14,17H,10-13,15-16H2,1-2H3,(H,23,25)/t17-/m0/s1. The molecule has 1 heterocycles. The van der Waals surface area contributed by atoms with Gasteiger partial charge in [-0.1, -0.05) is 24.3 Å². The average Bonchev–Trinajstić information content (AvgIpc) is 2.73. The Kier molecular flexibility index (Phi) is 7.28. The Morgan fingerprint density at radius 1 is 1.11 bits per heavy atom. The highest BCUT2D eigenvalue weighted by atomic mass is 16.5. The molecule has 0 aromatic heterocycles. The third-order valence-electron chi connectivity index (χ3n) is 4.71. The van der Waals surface area contributed by atoms with E-state index in [0.29, 0.717) is 12.3 Å². The van der Waals surface area contributed by atoms with Gasteiger partial charge in [0.05, 0.1) is 20.3 Å². The zero-order valence-electron chi connectivity index (χ0n) is 16.5. The molecule has 6 nitrogen and oxygen atoms in total. The summed E-state index contributed by atoms with van der Waals surface area (Å²) in [5, 5.41) is 2.95. The van der Waals surface area contributed by atoms with Gasteiger partial charge in [0.1, 0.15) is 11.5 Å². The van der Waals surface area contributed by atoms with E-state index in [9.17, 15) is 4.79 Å². The minimum Gasteiger partial charge on any atom is -0.497 e. The molecule has 0 aliphatic carbocycles. The lowest BCUT2D eigenvalue weighted by molar-refractivity contribution is -0.127. The summed E-state index contributed by atoms with van der Waals surface area (Å²) in [6.07, 6.45) is -0.579. The molecular weight excluding hydrogens is 356 g/mol. The van der Waals surface area contributed by atoms with Crippen LogP contribution in [0, 0.1) is 0 Å². The number of carbonyl (C=O) groups is 1. The van der Waals surface area contributed by atoms with Gasteiger partial charge in [0.2, 0.25) is 0 Å². The van der Waals surface area contributed by atoms with Gasteiger partial charge in [-0.3, -0.25) is 9.69 Å². The Bertz CT molecular complexity index is 757. The normalized spacial score (nSPS) is 15.6. The molecule has 0 bridgehead atoms. The molecule has 1 amide bonds. The number of ether oxygens (including phenoxy) is 3. The van der Waals surface area contributed by atoms with Crippen LogP contribution in [0.2, 0.25) is 0 Å². The molecule has 2 aromatic rings. The number of amides is 1. The van der Waals surface area contributed by atoms with Crippen molar-refractivity contribution in [3.05, 3.63) is 59.7 Å². The molecule has 0 saturated carbocycles. The molecule has 28 heavy (non-hydrogen) atoms. The van der Waals surface area contributed by atoms with Crippen molar-refractivity contribution in [2.45, 2.75) is 26.1 Å². The van der Waals surface area contributed by atoms with E-state index in [1.165, 1.54) is 5.56 Å². The van der Waals surface area contributed by atoms with Crippen molar-refractivity contribution in [1.29, 1.82) is 0 Å². The van der Waals surface area contributed by atoms with E-state index in [2.05, 4.69) is 22.3 Å². The van der Waals surface area contributed by atoms with E-state index in [4.69, 9.17) is 14.2 Å². The summed E-state index contributed by atoms with van der Waals surface area (Å²) < 4.78 is 16.2. The number of rotatable bonds is 8. The summed E-state index contributed by atoms with van der Waals surface area (Å²) in [5.74, 6) is 1.24. The molecule has 2 aromatic carbocycles. The maximum absolute atomic E-state index is 12.4. The lowest BCUT2D eigenvalue weighted by atomic mass is 10.1. The van der Waals surface area contributed by atoms with Crippen LogP contribution in [0.1, 0.15) is 18.1 Å². The van der Waals surface area contributed by atoms with Gasteiger partial charge in [0.25, 0.3) is 5.91 Å². The van der Waals surface area contributed by atoms with Crippen LogP contribution in [0.3, 0.4) is 0 Å². The van der Waals surface area contributed by atoms with Crippen molar-refractivity contribution in [3.63, 3.8) is 0 Å². The topological polar surface area (TPSA) is 60.0 Å². The third-order valence-corrected chi connectivity index (χ3v) is 4.71. The first-order valence-corrected chi connectivity index (χ1v) is 9.60. The minimum atomic E-state index is -0.579. The summed E-state index contributed by atoms with van der Waals surface area (Å²) in [6, 6.07) is 15.5. The molecular formula is C22H28N2O4. The van der Waals surface area contributed by atoms with E-state index in [-0.39, 0.29) is 5.91 Å². The van der Waals surface area contributed by atoms with E-state index in [1.807, 2.05) is 12.1 Å². The maximum atomic E-state index is 12.4. The number of hydrogen-bond donors (Lipinski definition) is 1. The van der Waals surface area contributed by atoms with Crippen LogP contribution < -0.4 is 14.8 Å². The zero-order chi connectivity index (χ0) is 19.8. The van der Waals surface area contributed by atoms with Gasteiger partial charge in [-0.05, 0) is 42.3 Å². The predicted molar refractivity (Wildman–Crippen MR) is 107 cm³/mol. The molecule has 0 unspecified atom stereocenters. The fraction of sp³-hybridized carbons (Fsp3) is 0.409. The van der Waals surface area contributed by atoms with E-state index < -0.39 is 6.10 Å². The van der Waals surface area contributed by atoms with Crippen molar-refractivity contribution in [1.82, 2.24) is 10.2 Å². The van der Waals surface area contributed by atoms with E-state index >= 15 is 0 Å². The summed E-state index contributed by atoms with van der Waals surface area (Å²) >= 11 is 0. The Morgan fingerprint density at radius 3 is 2.50 bits per heavy atom. The number of hydrogen-bond acceptors (Lipinski definition) is 5. The Morgan fingerprint density at radius 2 is 1.79 bits per heavy atom. The van der Waals surface area contributed by atoms with Gasteiger partial charge >= 0.3 is 0 Å². The largest absolute Gasteiger partial charge is 0.497 e. The molecule has 6 heteroatoms. The molecule has 0 spiro atoms. The van der Waals surface area contributed by atoms with Crippen LogP contribution in [0.4, 0.5) is 0 Å². The molecule has 0 radical (unpaired) electrons. The first kappa shape index (κ1) is 20.2. The van der Waals surface area contributed by atoms with Crippen LogP contribution in [0.5, 0.6) is 11.5 Å². The number of nitrogens with one attached hydrogen (secondary N) is 1. The molecule has 3 rings (SSSR count). The Labute approximate surface area is 166 Å². The van der Waals surface area contributed by atoms with Crippen LogP contribution in [-0.4, -0.2) is 50.3 Å². The van der Waals surface area contributed by atoms with Crippen molar-refractivity contribution in [2.75, 3.05) is 33.4 Å². The fourth-order valence-corrected chi connectivity index (χ4v) is 3.10. The quantitative estimate of drug-likeness (QED) is 0.758. The summed E-state index contributed by atoms with van der Waals surface area (Å²) in [6.45, 7) is 6.63. The smallest absolute Gasteiger partial charge is 0.261 e. The molecule has 1 aliphatic heterocycles. The van der Waals surface area contributed by atoms with Gasteiger partial charge in [0, 0.05) is 26.2 Å². The van der Waals surface area contributed by atoms with E-state index in [0.717, 1.165) is 44.2 Å². The molecule has 1 aliphatic rings. The number of benzene rings is 2. The first-order chi connectivity index (χ1) is 13.6. The molecule has 1 saturated heterocycles. The second-order valence-corrected chi connectivity index (χ2v) is 6.86. The highest BCUT2D eigenvalue weighted by Crippen LogP contribution is 2.18. The minimum absolute atomic E-state index is 0.144. The fourth-order valence-electron chi connectivity index (χ4n) is 3.10. The second kappa shape index (κ2) is 10.1. The van der Waals surface area contributed by atoms with Gasteiger partial charge in [-0.2, -0.15) is 0 Å². The van der Waals surface area contributed by atoms with Crippen LogP contribution in [0.15, 0.2) is 48.5 Å². The van der Waals surface area contributed by atoms with E-state index in [1.54, 1.807) is 38.3 Å². The summed E-state index contributed by atoms with van der Waals surface area (Å²) in [7, 11) is 1.61. The molecule has 1 fully saturated rings. The van der Waals surface area contributed by atoms with Crippen LogP contribution >= 0.6 is 0 Å². The number of carbonyl (C=O) groups excluding carboxylic acids is 1. The van der Waals surface area contributed by atoms with Crippen molar-refractivity contribution in [3.8, 4) is 11.5 Å². The molecule has 1 N–H and O–H groups in total. The van der Waals surface area contributed by atoms with Gasteiger partial charge in [-0.15, -0.1) is 0 Å². The monoisotopic (exact) mass is 384 g/mol. The summed E-state index contributed by atoms with van der Waals surface area (Å²) in [5.41, 5.74) is 2.33. The Hall–Kier alpha value is -2.57. The highest BCUT2D eigenvalue weighted by molar-refractivity contribution is 5.80. The SMILES string of the molecule is COc1ccc(O[C@@H](C)C(=O)NCc2cccc(CN3CCOCC3)c2)cc1.